The van der Waals surface area contributed by atoms with Gasteiger partial charge in [0.1, 0.15) is 6.54 Å². The zero-order chi connectivity index (χ0) is 17.4. The van der Waals surface area contributed by atoms with Crippen LogP contribution in [0, 0.1) is 0 Å². The Bertz CT molecular complexity index is 535. The normalized spacial score (nSPS) is 17.9. The summed E-state index contributed by atoms with van der Waals surface area (Å²) in [5, 5.41) is 8.81. The number of amides is 1. The molecular formula is C17H30IN5OS. The van der Waals surface area contributed by atoms with E-state index in [1.807, 2.05) is 6.07 Å². The van der Waals surface area contributed by atoms with Gasteiger partial charge in [-0.2, -0.15) is 0 Å². The monoisotopic (exact) mass is 479 g/mol. The Morgan fingerprint density at radius 3 is 2.88 bits per heavy atom. The van der Waals surface area contributed by atoms with Crippen molar-refractivity contribution in [1.82, 2.24) is 20.4 Å². The van der Waals surface area contributed by atoms with Crippen molar-refractivity contribution in [2.45, 2.75) is 32.4 Å². The van der Waals surface area contributed by atoms with Crippen LogP contribution in [0.4, 0.5) is 0 Å². The zero-order valence-electron chi connectivity index (χ0n) is 15.3. The molecule has 1 fully saturated rings. The van der Waals surface area contributed by atoms with Gasteiger partial charge in [-0.05, 0) is 37.4 Å². The van der Waals surface area contributed by atoms with Crippen molar-refractivity contribution in [2.75, 3.05) is 40.3 Å². The van der Waals surface area contributed by atoms with Crippen LogP contribution in [0.5, 0.6) is 0 Å². The minimum Gasteiger partial charge on any atom is -0.355 e. The lowest BCUT2D eigenvalue weighted by Crippen LogP contribution is -2.45. The van der Waals surface area contributed by atoms with Crippen LogP contribution in [-0.2, 0) is 11.3 Å². The second-order valence-electron chi connectivity index (χ2n) is 6.19. The fraction of sp³-hybridized carbons (Fsp3) is 0.647. The number of carbonyl (C=O) groups is 1. The molecule has 0 saturated carbocycles. The summed E-state index contributed by atoms with van der Waals surface area (Å²) in [6, 6.07) is 4.68. The predicted octanol–water partition coefficient (Wildman–Crippen LogP) is 1.97. The number of guanidine groups is 1. The molecule has 8 heteroatoms. The van der Waals surface area contributed by atoms with E-state index in [2.05, 4.69) is 38.9 Å². The van der Waals surface area contributed by atoms with E-state index in [-0.39, 0.29) is 36.4 Å². The van der Waals surface area contributed by atoms with Crippen LogP contribution in [0.1, 0.15) is 24.6 Å². The maximum atomic E-state index is 11.8. The molecule has 0 aliphatic carbocycles. The summed E-state index contributed by atoms with van der Waals surface area (Å²) >= 11 is 1.71. The number of nitrogens with one attached hydrogen (secondary N) is 2. The number of carbonyl (C=O) groups excluding carboxylic acids is 1. The van der Waals surface area contributed by atoms with Crippen molar-refractivity contribution in [1.29, 1.82) is 0 Å². The maximum Gasteiger partial charge on any atom is 0.243 e. The summed E-state index contributed by atoms with van der Waals surface area (Å²) < 4.78 is 0. The highest BCUT2D eigenvalue weighted by Gasteiger charge is 2.22. The Morgan fingerprint density at radius 2 is 2.24 bits per heavy atom. The molecule has 1 aliphatic heterocycles. The molecule has 0 aromatic carbocycles. The quantitative estimate of drug-likeness (QED) is 0.357. The maximum absolute atomic E-state index is 11.8. The van der Waals surface area contributed by atoms with Gasteiger partial charge in [0.15, 0.2) is 5.96 Å². The van der Waals surface area contributed by atoms with Crippen molar-refractivity contribution < 1.29 is 4.79 Å². The van der Waals surface area contributed by atoms with Crippen molar-refractivity contribution in [2.24, 2.45) is 4.99 Å². The number of hydrogen-bond acceptors (Lipinski definition) is 4. The molecule has 142 valence electrons. The van der Waals surface area contributed by atoms with Crippen LogP contribution in [-0.4, -0.2) is 68.0 Å². The summed E-state index contributed by atoms with van der Waals surface area (Å²) in [5.74, 6) is 0.713. The van der Waals surface area contributed by atoms with E-state index < -0.39 is 0 Å². The Morgan fingerprint density at radius 1 is 1.44 bits per heavy atom. The average Bonchev–Trinajstić information content (AvgIpc) is 3.24. The largest absolute Gasteiger partial charge is 0.355 e. The third kappa shape index (κ3) is 7.49. The van der Waals surface area contributed by atoms with Gasteiger partial charge in [-0.15, -0.1) is 35.3 Å². The highest BCUT2D eigenvalue weighted by Crippen LogP contribution is 2.15. The van der Waals surface area contributed by atoms with Gasteiger partial charge < -0.3 is 15.5 Å². The number of likely N-dealkylation sites (tertiary alicyclic amines) is 1. The molecule has 1 amide bonds. The third-order valence-corrected chi connectivity index (χ3v) is 5.17. The lowest BCUT2D eigenvalue weighted by Gasteiger charge is -2.24. The number of thiophene rings is 1. The Kier molecular flexibility index (Phi) is 10.4. The Balaban J connectivity index is 0.00000312. The van der Waals surface area contributed by atoms with E-state index in [9.17, 15) is 4.79 Å². The first kappa shape index (κ1) is 22.2. The second kappa shape index (κ2) is 11.7. The highest BCUT2D eigenvalue weighted by molar-refractivity contribution is 14.0. The van der Waals surface area contributed by atoms with Crippen molar-refractivity contribution >= 4 is 47.2 Å². The summed E-state index contributed by atoms with van der Waals surface area (Å²) in [4.78, 5) is 21.6. The van der Waals surface area contributed by atoms with Gasteiger partial charge in [0, 0.05) is 31.6 Å². The van der Waals surface area contributed by atoms with E-state index in [1.165, 1.54) is 24.3 Å². The van der Waals surface area contributed by atoms with Crippen LogP contribution in [0.15, 0.2) is 22.5 Å². The van der Waals surface area contributed by atoms with E-state index in [4.69, 9.17) is 0 Å². The topological polar surface area (TPSA) is 60.0 Å². The Labute approximate surface area is 172 Å². The van der Waals surface area contributed by atoms with Gasteiger partial charge in [0.05, 0.1) is 6.54 Å². The fourth-order valence-electron chi connectivity index (χ4n) is 2.80. The first-order chi connectivity index (χ1) is 11.6. The van der Waals surface area contributed by atoms with Crippen molar-refractivity contribution in [3.05, 3.63) is 22.4 Å². The first-order valence-corrected chi connectivity index (χ1v) is 9.47. The van der Waals surface area contributed by atoms with Crippen LogP contribution in [0.2, 0.25) is 0 Å². The minimum absolute atomic E-state index is 0. The SMILES string of the molecule is CCN1CCCC1CNC(=NCC(=O)N(C)C)NCc1cccs1.I. The van der Waals surface area contributed by atoms with E-state index in [0.29, 0.717) is 12.0 Å². The number of nitrogens with zero attached hydrogens (tertiary/aromatic N) is 3. The van der Waals surface area contributed by atoms with Crippen LogP contribution >= 0.6 is 35.3 Å². The first-order valence-electron chi connectivity index (χ1n) is 8.59. The molecule has 1 aromatic heterocycles. The average molecular weight is 479 g/mol. The fourth-order valence-corrected chi connectivity index (χ4v) is 3.45. The molecule has 0 radical (unpaired) electrons. The number of rotatable bonds is 7. The number of likely N-dealkylation sites (N-methyl/N-ethyl adjacent to an activating group) is 2. The molecule has 1 saturated heterocycles. The van der Waals surface area contributed by atoms with Gasteiger partial charge in [-0.3, -0.25) is 9.69 Å². The van der Waals surface area contributed by atoms with E-state index >= 15 is 0 Å². The summed E-state index contributed by atoms with van der Waals surface area (Å²) in [5.41, 5.74) is 0. The Hall–Kier alpha value is -0.870. The van der Waals surface area contributed by atoms with Crippen molar-refractivity contribution in [3.8, 4) is 0 Å². The molecule has 25 heavy (non-hydrogen) atoms. The number of hydrogen-bond donors (Lipinski definition) is 2. The van der Waals surface area contributed by atoms with E-state index in [1.54, 1.807) is 30.3 Å². The number of halogens is 1. The summed E-state index contributed by atoms with van der Waals surface area (Å²) in [7, 11) is 3.50. The van der Waals surface area contributed by atoms with Gasteiger partial charge in [-0.25, -0.2) is 4.99 Å². The van der Waals surface area contributed by atoms with Gasteiger partial charge in [-0.1, -0.05) is 13.0 Å². The molecule has 6 nitrogen and oxygen atoms in total. The van der Waals surface area contributed by atoms with Gasteiger partial charge >= 0.3 is 0 Å². The molecular weight excluding hydrogens is 449 g/mol. The van der Waals surface area contributed by atoms with Crippen LogP contribution in [0.25, 0.3) is 0 Å². The second-order valence-corrected chi connectivity index (χ2v) is 7.22. The molecule has 0 spiro atoms. The third-order valence-electron chi connectivity index (χ3n) is 4.29. The summed E-state index contributed by atoms with van der Waals surface area (Å²) in [6.07, 6.45) is 2.48. The van der Waals surface area contributed by atoms with Crippen LogP contribution < -0.4 is 10.6 Å². The highest BCUT2D eigenvalue weighted by atomic mass is 127. The minimum atomic E-state index is 0. The lowest BCUT2D eigenvalue weighted by molar-refractivity contribution is -0.127. The van der Waals surface area contributed by atoms with Gasteiger partial charge in [0.25, 0.3) is 0 Å². The van der Waals surface area contributed by atoms with Crippen molar-refractivity contribution in [3.63, 3.8) is 0 Å². The molecule has 1 aromatic rings. The molecule has 2 rings (SSSR count). The number of aliphatic imine (C=N–C) groups is 1. The molecule has 2 N–H and O–H groups in total. The molecule has 1 aliphatic rings. The standard InChI is InChI=1S/C17H29N5OS.HI/c1-4-22-9-5-7-14(22)11-18-17(20-13-16(23)21(2)3)19-12-15-8-6-10-24-15;/h6,8,10,14H,4-5,7,9,11-13H2,1-3H3,(H2,18,19,20);1H. The smallest absolute Gasteiger partial charge is 0.243 e. The molecule has 1 atom stereocenters. The molecule has 1 unspecified atom stereocenters. The lowest BCUT2D eigenvalue weighted by atomic mass is 10.2. The zero-order valence-corrected chi connectivity index (χ0v) is 18.5. The summed E-state index contributed by atoms with van der Waals surface area (Å²) in [6.45, 7) is 6.22. The molecule has 2 heterocycles. The van der Waals surface area contributed by atoms with Crippen LogP contribution in [0.3, 0.4) is 0 Å². The predicted molar refractivity (Wildman–Crippen MR) is 116 cm³/mol. The van der Waals surface area contributed by atoms with E-state index in [0.717, 1.165) is 19.6 Å². The van der Waals surface area contributed by atoms with Gasteiger partial charge in [0.2, 0.25) is 5.91 Å². The molecule has 0 bridgehead atoms.